The third kappa shape index (κ3) is 3.45. The van der Waals surface area contributed by atoms with Crippen molar-refractivity contribution in [2.45, 2.75) is 20.4 Å². The van der Waals surface area contributed by atoms with Gasteiger partial charge in [-0.1, -0.05) is 22.0 Å². The Morgan fingerprint density at radius 2 is 1.95 bits per heavy atom. The maximum atomic E-state index is 9.68. The summed E-state index contributed by atoms with van der Waals surface area (Å²) in [7, 11) is 0. The van der Waals surface area contributed by atoms with E-state index in [0.717, 1.165) is 40.1 Å². The number of aryl methyl sites for hydroxylation is 1. The predicted octanol–water partition coefficient (Wildman–Crippen LogP) is 4.07. The molecule has 0 radical (unpaired) electrons. The summed E-state index contributed by atoms with van der Waals surface area (Å²) in [4.78, 5) is 2.22. The van der Waals surface area contributed by atoms with Gasteiger partial charge in [0.25, 0.3) is 0 Å². The molecule has 0 spiro atoms. The minimum atomic E-state index is 0.290. The molecule has 0 aliphatic heterocycles. The van der Waals surface area contributed by atoms with Gasteiger partial charge in [0.05, 0.1) is 0 Å². The zero-order valence-electron chi connectivity index (χ0n) is 11.7. The lowest BCUT2D eigenvalue weighted by atomic mass is 10.1. The molecule has 0 heterocycles. The first kappa shape index (κ1) is 14.7. The lowest BCUT2D eigenvalue weighted by Crippen LogP contribution is -2.22. The Kier molecular flexibility index (Phi) is 4.55. The minimum Gasteiger partial charge on any atom is -0.508 e. The quantitative estimate of drug-likeness (QED) is 0.828. The van der Waals surface area contributed by atoms with E-state index in [9.17, 15) is 5.11 Å². The molecule has 0 aliphatic rings. The fourth-order valence-corrected chi connectivity index (χ4v) is 2.85. The maximum absolute atomic E-state index is 9.68. The lowest BCUT2D eigenvalue weighted by molar-refractivity contribution is 0.475. The second-order valence-corrected chi connectivity index (χ2v) is 5.79. The number of rotatable bonds is 4. The van der Waals surface area contributed by atoms with Crippen LogP contribution in [0, 0.1) is 6.92 Å². The molecular formula is C16H19BrN2O. The molecule has 0 unspecified atom stereocenters. The third-order valence-electron chi connectivity index (χ3n) is 3.27. The fraction of sp³-hybridized carbons (Fsp3) is 0.250. The number of aromatic hydroxyl groups is 1. The smallest absolute Gasteiger partial charge is 0.117 e. The summed E-state index contributed by atoms with van der Waals surface area (Å²) in [5, 5.41) is 9.68. The number of benzene rings is 2. The summed E-state index contributed by atoms with van der Waals surface area (Å²) in [5.74, 6) is 0.290. The minimum absolute atomic E-state index is 0.290. The molecule has 0 fully saturated rings. The van der Waals surface area contributed by atoms with Gasteiger partial charge in [0, 0.05) is 35.0 Å². The van der Waals surface area contributed by atoms with Crippen LogP contribution in [-0.2, 0) is 6.54 Å². The van der Waals surface area contributed by atoms with Gasteiger partial charge in [0.15, 0.2) is 0 Å². The summed E-state index contributed by atoms with van der Waals surface area (Å²) in [5.41, 5.74) is 9.96. The first-order valence-corrected chi connectivity index (χ1v) is 7.38. The van der Waals surface area contributed by atoms with Crippen molar-refractivity contribution in [2.75, 3.05) is 17.2 Å². The molecule has 0 saturated heterocycles. The van der Waals surface area contributed by atoms with E-state index in [0.29, 0.717) is 0 Å². The van der Waals surface area contributed by atoms with Gasteiger partial charge in [0.1, 0.15) is 5.75 Å². The molecule has 3 N–H and O–H groups in total. The Bertz CT molecular complexity index is 593. The number of halogens is 1. The van der Waals surface area contributed by atoms with Gasteiger partial charge in [-0.05, 0) is 49.2 Å². The highest BCUT2D eigenvalue weighted by Crippen LogP contribution is 2.27. The Balaban J connectivity index is 2.31. The molecule has 0 amide bonds. The number of phenols is 1. The summed E-state index contributed by atoms with van der Waals surface area (Å²) in [6.45, 7) is 5.76. The fourth-order valence-electron chi connectivity index (χ4n) is 2.29. The van der Waals surface area contributed by atoms with E-state index in [1.807, 2.05) is 25.1 Å². The second-order valence-electron chi connectivity index (χ2n) is 4.88. The van der Waals surface area contributed by atoms with Gasteiger partial charge in [-0.3, -0.25) is 0 Å². The average Bonchev–Trinajstić information content (AvgIpc) is 2.38. The number of hydrogen-bond donors (Lipinski definition) is 2. The highest BCUT2D eigenvalue weighted by atomic mass is 79.9. The van der Waals surface area contributed by atoms with E-state index in [-0.39, 0.29) is 5.75 Å². The van der Waals surface area contributed by atoms with Crippen LogP contribution in [0.25, 0.3) is 0 Å². The summed E-state index contributed by atoms with van der Waals surface area (Å²) in [6, 6.07) is 11.4. The van der Waals surface area contributed by atoms with Crippen LogP contribution in [-0.4, -0.2) is 11.7 Å². The molecule has 106 valence electrons. The highest BCUT2D eigenvalue weighted by molar-refractivity contribution is 9.10. The van der Waals surface area contributed by atoms with Crippen molar-refractivity contribution in [3.63, 3.8) is 0 Å². The monoisotopic (exact) mass is 334 g/mol. The molecule has 4 heteroatoms. The summed E-state index contributed by atoms with van der Waals surface area (Å²) >= 11 is 3.47. The van der Waals surface area contributed by atoms with Crippen molar-refractivity contribution >= 4 is 27.3 Å². The van der Waals surface area contributed by atoms with Crippen LogP contribution in [0.5, 0.6) is 5.75 Å². The maximum Gasteiger partial charge on any atom is 0.117 e. The molecule has 0 bridgehead atoms. The molecular weight excluding hydrogens is 316 g/mol. The second kappa shape index (κ2) is 6.18. The third-order valence-corrected chi connectivity index (χ3v) is 3.73. The van der Waals surface area contributed by atoms with E-state index in [1.165, 1.54) is 0 Å². The van der Waals surface area contributed by atoms with Crippen molar-refractivity contribution in [1.82, 2.24) is 0 Å². The number of anilines is 2. The van der Waals surface area contributed by atoms with Crippen molar-refractivity contribution < 1.29 is 5.11 Å². The van der Waals surface area contributed by atoms with Crippen molar-refractivity contribution in [3.8, 4) is 5.75 Å². The SMILES string of the molecule is CCN(Cc1cc(N)cc(Br)c1)c1cc(O)ccc1C. The van der Waals surface area contributed by atoms with Crippen molar-refractivity contribution in [2.24, 2.45) is 0 Å². The standard InChI is InChI=1S/C16H19BrN2O/c1-3-19(16-9-15(20)5-4-11(16)2)10-12-6-13(17)8-14(18)7-12/h4-9,20H,3,10,18H2,1-2H3. The van der Waals surface area contributed by atoms with Gasteiger partial charge in [-0.15, -0.1) is 0 Å². The predicted molar refractivity (Wildman–Crippen MR) is 88.1 cm³/mol. The van der Waals surface area contributed by atoms with Crippen LogP contribution in [0.1, 0.15) is 18.1 Å². The van der Waals surface area contributed by atoms with E-state index in [2.05, 4.69) is 33.8 Å². The van der Waals surface area contributed by atoms with Crippen LogP contribution in [0.4, 0.5) is 11.4 Å². The molecule has 0 aromatic heterocycles. The van der Waals surface area contributed by atoms with Gasteiger partial charge in [0.2, 0.25) is 0 Å². The number of nitrogens with zero attached hydrogens (tertiary/aromatic N) is 1. The van der Waals surface area contributed by atoms with Gasteiger partial charge < -0.3 is 15.7 Å². The number of phenolic OH excluding ortho intramolecular Hbond substituents is 1. The molecule has 2 aromatic carbocycles. The van der Waals surface area contributed by atoms with E-state index in [4.69, 9.17) is 5.73 Å². The van der Waals surface area contributed by atoms with Crippen molar-refractivity contribution in [3.05, 3.63) is 52.0 Å². The number of hydrogen-bond acceptors (Lipinski definition) is 3. The Labute approximate surface area is 128 Å². The molecule has 2 aromatic rings. The Morgan fingerprint density at radius 3 is 2.60 bits per heavy atom. The Hall–Kier alpha value is -1.68. The first-order valence-electron chi connectivity index (χ1n) is 6.59. The zero-order valence-corrected chi connectivity index (χ0v) is 13.3. The molecule has 0 saturated carbocycles. The Morgan fingerprint density at radius 1 is 1.20 bits per heavy atom. The molecule has 0 aliphatic carbocycles. The highest BCUT2D eigenvalue weighted by Gasteiger charge is 2.10. The van der Waals surface area contributed by atoms with E-state index in [1.54, 1.807) is 12.1 Å². The average molecular weight is 335 g/mol. The number of nitrogen functional groups attached to an aromatic ring is 1. The zero-order chi connectivity index (χ0) is 14.7. The lowest BCUT2D eigenvalue weighted by Gasteiger charge is -2.25. The van der Waals surface area contributed by atoms with Crippen molar-refractivity contribution in [1.29, 1.82) is 0 Å². The summed E-state index contributed by atoms with van der Waals surface area (Å²) < 4.78 is 0.983. The van der Waals surface area contributed by atoms with Gasteiger partial charge in [-0.2, -0.15) is 0 Å². The van der Waals surface area contributed by atoms with Crippen LogP contribution in [0.15, 0.2) is 40.9 Å². The molecule has 20 heavy (non-hydrogen) atoms. The van der Waals surface area contributed by atoms with Crippen LogP contribution >= 0.6 is 15.9 Å². The molecule has 3 nitrogen and oxygen atoms in total. The molecule has 2 rings (SSSR count). The largest absolute Gasteiger partial charge is 0.508 e. The number of nitrogens with two attached hydrogens (primary N) is 1. The van der Waals surface area contributed by atoms with Crippen LogP contribution in [0.2, 0.25) is 0 Å². The first-order chi connectivity index (χ1) is 9.49. The topological polar surface area (TPSA) is 49.5 Å². The summed E-state index contributed by atoms with van der Waals surface area (Å²) in [6.07, 6.45) is 0. The molecule has 0 atom stereocenters. The van der Waals surface area contributed by atoms with E-state index >= 15 is 0 Å². The van der Waals surface area contributed by atoms with Gasteiger partial charge in [-0.25, -0.2) is 0 Å². The van der Waals surface area contributed by atoms with Crippen LogP contribution in [0.3, 0.4) is 0 Å². The van der Waals surface area contributed by atoms with Crippen LogP contribution < -0.4 is 10.6 Å². The van der Waals surface area contributed by atoms with Gasteiger partial charge >= 0.3 is 0 Å². The van der Waals surface area contributed by atoms with E-state index < -0.39 is 0 Å². The normalized spacial score (nSPS) is 10.6.